The highest BCUT2D eigenvalue weighted by Gasteiger charge is 2.38. The summed E-state index contributed by atoms with van der Waals surface area (Å²) in [6.45, 7) is 0. The molecule has 4 atom stereocenters. The second kappa shape index (κ2) is 6.84. The number of halogens is 1. The van der Waals surface area contributed by atoms with Crippen molar-refractivity contribution in [3.8, 4) is 16.9 Å². The van der Waals surface area contributed by atoms with Crippen LogP contribution in [0.2, 0.25) is 0 Å². The van der Waals surface area contributed by atoms with Gasteiger partial charge in [-0.15, -0.1) is 11.8 Å². The van der Waals surface area contributed by atoms with Crippen molar-refractivity contribution >= 4 is 11.8 Å². The van der Waals surface area contributed by atoms with E-state index in [1.165, 1.54) is 24.0 Å². The van der Waals surface area contributed by atoms with Gasteiger partial charge in [0.25, 0.3) is 0 Å². The number of pyridine rings is 1. The monoisotopic (exact) mass is 337 g/mol. The Bertz CT molecular complexity index is 687. The summed E-state index contributed by atoms with van der Waals surface area (Å²) in [6.07, 6.45) is -2.01. The first-order chi connectivity index (χ1) is 11.0. The van der Waals surface area contributed by atoms with Crippen LogP contribution >= 0.6 is 11.8 Å². The molecule has 0 unspecified atom stereocenters. The number of hydrogen-bond donors (Lipinski definition) is 3. The lowest BCUT2D eigenvalue weighted by molar-refractivity contribution is -0.0786. The van der Waals surface area contributed by atoms with E-state index in [0.717, 1.165) is 5.56 Å². The van der Waals surface area contributed by atoms with Crippen molar-refractivity contribution in [2.45, 2.75) is 23.7 Å². The van der Waals surface area contributed by atoms with Gasteiger partial charge >= 0.3 is 0 Å². The molecule has 1 aromatic heterocycles. The van der Waals surface area contributed by atoms with Gasteiger partial charge in [-0.2, -0.15) is 4.39 Å². The SMILES string of the molecule is O[C@@H]1[C@@H](O)[C@H](Oc2cccc(-c3ccnc(F)c3)c2)SC[C@H]1O. The molecule has 1 aliphatic heterocycles. The fourth-order valence-electron chi connectivity index (χ4n) is 2.35. The van der Waals surface area contributed by atoms with Gasteiger partial charge in [0.15, 0.2) is 5.44 Å². The zero-order valence-corrected chi connectivity index (χ0v) is 12.9. The van der Waals surface area contributed by atoms with Gasteiger partial charge in [-0.1, -0.05) is 12.1 Å². The van der Waals surface area contributed by atoms with Crippen LogP contribution < -0.4 is 4.74 Å². The van der Waals surface area contributed by atoms with Crippen LogP contribution in [0.1, 0.15) is 0 Å². The van der Waals surface area contributed by atoms with Crippen molar-refractivity contribution in [3.05, 3.63) is 48.5 Å². The average molecular weight is 337 g/mol. The van der Waals surface area contributed by atoms with E-state index in [9.17, 15) is 19.7 Å². The standard InChI is InChI=1S/C16H16FNO4S/c17-13-7-10(4-5-18-13)9-2-1-3-11(6-9)22-16-15(21)14(20)12(19)8-23-16/h1-7,12,14-16,19-21H,8H2/t12-,14+,15-,16-/m1/s1. The molecule has 3 rings (SSSR count). The first kappa shape index (κ1) is 16.2. The third-order valence-electron chi connectivity index (χ3n) is 3.60. The van der Waals surface area contributed by atoms with Gasteiger partial charge in [-0.05, 0) is 29.3 Å². The van der Waals surface area contributed by atoms with Crippen molar-refractivity contribution in [2.24, 2.45) is 0 Å². The Morgan fingerprint density at radius 2 is 1.87 bits per heavy atom. The summed E-state index contributed by atoms with van der Waals surface area (Å²) < 4.78 is 18.9. The van der Waals surface area contributed by atoms with Crippen molar-refractivity contribution in [3.63, 3.8) is 0 Å². The molecule has 3 N–H and O–H groups in total. The molecule has 1 aromatic carbocycles. The summed E-state index contributed by atoms with van der Waals surface area (Å²) in [7, 11) is 0. The molecule has 0 bridgehead atoms. The molecule has 0 saturated carbocycles. The molecule has 1 fully saturated rings. The maximum atomic E-state index is 13.2. The summed E-state index contributed by atoms with van der Waals surface area (Å²) in [5.41, 5.74) is 0.729. The Kier molecular flexibility index (Phi) is 4.82. The van der Waals surface area contributed by atoms with Crippen LogP contribution in [0.4, 0.5) is 4.39 Å². The minimum absolute atomic E-state index is 0.276. The minimum atomic E-state index is -1.24. The molecule has 2 aromatic rings. The van der Waals surface area contributed by atoms with Crippen LogP contribution in [-0.4, -0.2) is 49.8 Å². The molecule has 0 spiro atoms. The van der Waals surface area contributed by atoms with Gasteiger partial charge in [-0.25, -0.2) is 4.98 Å². The van der Waals surface area contributed by atoms with E-state index in [2.05, 4.69) is 4.98 Å². The van der Waals surface area contributed by atoms with Gasteiger partial charge in [0, 0.05) is 18.0 Å². The fourth-order valence-corrected chi connectivity index (χ4v) is 3.47. The van der Waals surface area contributed by atoms with E-state index >= 15 is 0 Å². The number of rotatable bonds is 3. The molecular formula is C16H16FNO4S. The molecule has 7 heteroatoms. The van der Waals surface area contributed by atoms with Crippen molar-refractivity contribution in [1.29, 1.82) is 0 Å². The Morgan fingerprint density at radius 1 is 1.09 bits per heavy atom. The Balaban J connectivity index is 1.78. The number of aliphatic hydroxyl groups is 3. The van der Waals surface area contributed by atoms with Crippen molar-refractivity contribution in [2.75, 3.05) is 5.75 Å². The largest absolute Gasteiger partial charge is 0.477 e. The van der Waals surface area contributed by atoms with Gasteiger partial charge < -0.3 is 20.1 Å². The molecule has 0 aliphatic carbocycles. The average Bonchev–Trinajstić information content (AvgIpc) is 2.56. The molecule has 0 amide bonds. The molecular weight excluding hydrogens is 321 g/mol. The summed E-state index contributed by atoms with van der Waals surface area (Å²) in [4.78, 5) is 3.52. The van der Waals surface area contributed by atoms with Gasteiger partial charge in [0.05, 0.1) is 6.10 Å². The van der Waals surface area contributed by atoms with E-state index in [4.69, 9.17) is 4.74 Å². The van der Waals surface area contributed by atoms with Gasteiger partial charge in [0.1, 0.15) is 18.0 Å². The van der Waals surface area contributed by atoms with E-state index in [1.807, 2.05) is 6.07 Å². The maximum Gasteiger partial charge on any atom is 0.213 e. The van der Waals surface area contributed by atoms with E-state index in [-0.39, 0.29) is 5.75 Å². The van der Waals surface area contributed by atoms with E-state index < -0.39 is 29.7 Å². The molecule has 122 valence electrons. The van der Waals surface area contributed by atoms with Crippen molar-refractivity contribution in [1.82, 2.24) is 4.98 Å². The predicted molar refractivity (Wildman–Crippen MR) is 84.5 cm³/mol. The molecule has 0 radical (unpaired) electrons. The number of aliphatic hydroxyl groups excluding tert-OH is 3. The van der Waals surface area contributed by atoms with Gasteiger partial charge in [0.2, 0.25) is 5.95 Å². The maximum absolute atomic E-state index is 13.2. The van der Waals surface area contributed by atoms with Crippen LogP contribution in [0, 0.1) is 5.95 Å². The smallest absolute Gasteiger partial charge is 0.213 e. The lowest BCUT2D eigenvalue weighted by Gasteiger charge is -2.34. The Labute approximate surface area is 136 Å². The molecule has 1 saturated heterocycles. The summed E-state index contributed by atoms with van der Waals surface area (Å²) >= 11 is 1.23. The lowest BCUT2D eigenvalue weighted by atomic mass is 10.1. The number of benzene rings is 1. The third kappa shape index (κ3) is 3.64. The zero-order chi connectivity index (χ0) is 16.4. The van der Waals surface area contributed by atoms with Gasteiger partial charge in [-0.3, -0.25) is 0 Å². The Morgan fingerprint density at radius 3 is 2.65 bits per heavy atom. The quantitative estimate of drug-likeness (QED) is 0.735. The second-order valence-electron chi connectivity index (χ2n) is 5.26. The number of aromatic nitrogens is 1. The minimum Gasteiger partial charge on any atom is -0.477 e. The number of hydrogen-bond acceptors (Lipinski definition) is 6. The topological polar surface area (TPSA) is 82.8 Å². The van der Waals surface area contributed by atoms with Crippen molar-refractivity contribution < 1.29 is 24.4 Å². The van der Waals surface area contributed by atoms with Crippen LogP contribution in [-0.2, 0) is 0 Å². The highest BCUT2D eigenvalue weighted by Crippen LogP contribution is 2.31. The number of thioether (sulfide) groups is 1. The fraction of sp³-hybridized carbons (Fsp3) is 0.312. The summed E-state index contributed by atoms with van der Waals surface area (Å²) in [5.74, 6) is 0.196. The van der Waals surface area contributed by atoms with E-state index in [1.54, 1.807) is 24.3 Å². The lowest BCUT2D eigenvalue weighted by Crippen LogP contribution is -2.50. The van der Waals surface area contributed by atoms with Crippen LogP contribution in [0.15, 0.2) is 42.6 Å². The van der Waals surface area contributed by atoms with Crippen LogP contribution in [0.25, 0.3) is 11.1 Å². The zero-order valence-electron chi connectivity index (χ0n) is 12.0. The second-order valence-corrected chi connectivity index (χ2v) is 6.39. The number of nitrogens with zero attached hydrogens (tertiary/aromatic N) is 1. The summed E-state index contributed by atoms with van der Waals surface area (Å²) in [6, 6.07) is 10.0. The van der Waals surface area contributed by atoms with Crippen LogP contribution in [0.3, 0.4) is 0 Å². The predicted octanol–water partition coefficient (Wildman–Crippen LogP) is 1.42. The normalized spacial score (nSPS) is 27.7. The number of ether oxygens (including phenoxy) is 1. The van der Waals surface area contributed by atoms with Crippen LogP contribution in [0.5, 0.6) is 5.75 Å². The molecule has 2 heterocycles. The molecule has 5 nitrogen and oxygen atoms in total. The molecule has 23 heavy (non-hydrogen) atoms. The molecule has 1 aliphatic rings. The first-order valence-corrected chi connectivity index (χ1v) is 8.14. The highest BCUT2D eigenvalue weighted by molar-refractivity contribution is 7.99. The summed E-state index contributed by atoms with van der Waals surface area (Å²) in [5, 5.41) is 29.2. The first-order valence-electron chi connectivity index (χ1n) is 7.09. The third-order valence-corrected chi connectivity index (χ3v) is 4.84. The van der Waals surface area contributed by atoms with E-state index in [0.29, 0.717) is 11.3 Å². The highest BCUT2D eigenvalue weighted by atomic mass is 32.2. The Hall–Kier alpha value is -1.67.